The predicted octanol–water partition coefficient (Wildman–Crippen LogP) is 3.75. The Bertz CT molecular complexity index is 762. The highest BCUT2D eigenvalue weighted by Crippen LogP contribution is 2.29. The third kappa shape index (κ3) is 8.31. The van der Waals surface area contributed by atoms with E-state index < -0.39 is 11.9 Å². The fourth-order valence-corrected chi connectivity index (χ4v) is 3.26. The summed E-state index contributed by atoms with van der Waals surface area (Å²) in [6, 6.07) is 8.27. The summed E-state index contributed by atoms with van der Waals surface area (Å²) in [7, 11) is 5.70. The number of alkyl halides is 3. The van der Waals surface area contributed by atoms with E-state index >= 15 is 0 Å². The van der Waals surface area contributed by atoms with E-state index in [0.29, 0.717) is 30.5 Å². The lowest BCUT2D eigenvalue weighted by atomic mass is 10.1. The van der Waals surface area contributed by atoms with E-state index in [-0.39, 0.29) is 24.0 Å². The zero-order valence-electron chi connectivity index (χ0n) is 16.0. The summed E-state index contributed by atoms with van der Waals surface area (Å²) in [5.41, 5.74) is 1.53. The second-order valence-corrected chi connectivity index (χ2v) is 7.23. The molecule has 0 saturated carbocycles. The lowest BCUT2D eigenvalue weighted by Gasteiger charge is -2.13. The molecule has 0 bridgehead atoms. The molecule has 2 N–H and O–H groups in total. The molecule has 2 rings (SSSR count). The Labute approximate surface area is 184 Å². The zero-order valence-corrected chi connectivity index (χ0v) is 19.2. The monoisotopic (exact) mass is 527 g/mol. The molecule has 156 valence electrons. The van der Waals surface area contributed by atoms with E-state index in [1.807, 2.05) is 26.2 Å². The number of aliphatic imine (C=N–C) groups is 1. The fourth-order valence-electron chi connectivity index (χ4n) is 2.45. The van der Waals surface area contributed by atoms with Crippen LogP contribution in [0.25, 0.3) is 0 Å². The van der Waals surface area contributed by atoms with E-state index in [0.717, 1.165) is 28.8 Å². The summed E-state index contributed by atoms with van der Waals surface area (Å²) in [6.45, 7) is 1.93. The molecule has 0 fully saturated rings. The molecule has 1 heterocycles. The van der Waals surface area contributed by atoms with Crippen molar-refractivity contribution >= 4 is 41.3 Å². The van der Waals surface area contributed by atoms with Crippen molar-refractivity contribution in [2.75, 3.05) is 27.7 Å². The molecule has 0 aliphatic heterocycles. The average Bonchev–Trinajstić information content (AvgIpc) is 3.07. The maximum atomic E-state index is 12.6. The number of guanidine groups is 1. The van der Waals surface area contributed by atoms with E-state index in [9.17, 15) is 13.2 Å². The van der Waals surface area contributed by atoms with Crippen molar-refractivity contribution in [3.05, 3.63) is 51.5 Å². The summed E-state index contributed by atoms with van der Waals surface area (Å²) < 4.78 is 37.7. The average molecular weight is 527 g/mol. The van der Waals surface area contributed by atoms with E-state index in [2.05, 4.69) is 37.6 Å². The van der Waals surface area contributed by atoms with Crippen LogP contribution in [-0.2, 0) is 25.7 Å². The molecule has 0 aliphatic rings. The number of hydrogen-bond donors (Lipinski definition) is 2. The van der Waals surface area contributed by atoms with Crippen LogP contribution in [0.4, 0.5) is 13.2 Å². The summed E-state index contributed by atoms with van der Waals surface area (Å²) in [5.74, 6) is 0.598. The predicted molar refractivity (Wildman–Crippen MR) is 118 cm³/mol. The van der Waals surface area contributed by atoms with Crippen molar-refractivity contribution < 1.29 is 13.2 Å². The van der Waals surface area contributed by atoms with Crippen molar-refractivity contribution in [2.45, 2.75) is 25.7 Å². The summed E-state index contributed by atoms with van der Waals surface area (Å²) >= 11 is 1.02. The number of benzene rings is 1. The van der Waals surface area contributed by atoms with Gasteiger partial charge in [-0.1, -0.05) is 24.3 Å². The molecule has 2 aromatic rings. The first kappa shape index (κ1) is 24.6. The Morgan fingerprint density at radius 3 is 2.54 bits per heavy atom. The number of aromatic nitrogens is 1. The van der Waals surface area contributed by atoms with Gasteiger partial charge in [0.05, 0.1) is 5.01 Å². The van der Waals surface area contributed by atoms with Crippen LogP contribution in [-0.4, -0.2) is 43.5 Å². The molecule has 28 heavy (non-hydrogen) atoms. The third-order valence-corrected chi connectivity index (χ3v) is 4.56. The molecule has 1 aromatic carbocycles. The standard InChI is InChI=1S/C18H24F3N5S.HI/c1-22-17(23-8-7-16-25-15(12-27-16)18(19,20)21)24-10-13-5-4-6-14(9-13)11-26(2)3;/h4-6,9,12H,7-8,10-11H2,1-3H3,(H2,22,23,24);1H. The smallest absolute Gasteiger partial charge is 0.356 e. The molecule has 0 amide bonds. The van der Waals surface area contributed by atoms with Crippen LogP contribution in [0.15, 0.2) is 34.6 Å². The molecule has 0 unspecified atom stereocenters. The molecule has 0 spiro atoms. The fraction of sp³-hybridized carbons (Fsp3) is 0.444. The first-order valence-corrected chi connectivity index (χ1v) is 9.34. The lowest BCUT2D eigenvalue weighted by molar-refractivity contribution is -0.140. The largest absolute Gasteiger partial charge is 0.434 e. The van der Waals surface area contributed by atoms with Gasteiger partial charge in [-0.05, 0) is 25.2 Å². The van der Waals surface area contributed by atoms with Gasteiger partial charge >= 0.3 is 6.18 Å². The Morgan fingerprint density at radius 1 is 1.21 bits per heavy atom. The molecular formula is C18H25F3IN5S. The van der Waals surface area contributed by atoms with Crippen molar-refractivity contribution in [1.82, 2.24) is 20.5 Å². The number of nitrogens with zero attached hydrogens (tertiary/aromatic N) is 3. The SMILES string of the molecule is CN=C(NCCc1nc(C(F)(F)F)cs1)NCc1cccc(CN(C)C)c1.I. The highest BCUT2D eigenvalue weighted by atomic mass is 127. The minimum atomic E-state index is -4.39. The normalized spacial score (nSPS) is 12.0. The van der Waals surface area contributed by atoms with E-state index in [4.69, 9.17) is 0 Å². The number of rotatable bonds is 7. The lowest BCUT2D eigenvalue weighted by Crippen LogP contribution is -2.37. The number of thiazole rings is 1. The van der Waals surface area contributed by atoms with Crippen LogP contribution in [0.1, 0.15) is 21.8 Å². The Morgan fingerprint density at radius 2 is 1.93 bits per heavy atom. The van der Waals surface area contributed by atoms with Crippen molar-refractivity contribution in [2.24, 2.45) is 4.99 Å². The first-order valence-electron chi connectivity index (χ1n) is 8.46. The van der Waals surface area contributed by atoms with Crippen LogP contribution >= 0.6 is 35.3 Å². The van der Waals surface area contributed by atoms with Gasteiger partial charge in [0, 0.05) is 38.5 Å². The van der Waals surface area contributed by atoms with Gasteiger partial charge in [-0.25, -0.2) is 4.98 Å². The maximum absolute atomic E-state index is 12.6. The van der Waals surface area contributed by atoms with Crippen LogP contribution in [0.5, 0.6) is 0 Å². The number of halogens is 4. The van der Waals surface area contributed by atoms with Crippen molar-refractivity contribution in [3.8, 4) is 0 Å². The van der Waals surface area contributed by atoms with Gasteiger partial charge < -0.3 is 15.5 Å². The number of hydrogen-bond acceptors (Lipinski definition) is 4. The van der Waals surface area contributed by atoms with E-state index in [1.54, 1.807) is 7.05 Å². The van der Waals surface area contributed by atoms with Crippen molar-refractivity contribution in [1.29, 1.82) is 0 Å². The van der Waals surface area contributed by atoms with Gasteiger partial charge in [-0.2, -0.15) is 13.2 Å². The molecule has 0 atom stereocenters. The van der Waals surface area contributed by atoms with Crippen molar-refractivity contribution in [3.63, 3.8) is 0 Å². The highest BCUT2D eigenvalue weighted by Gasteiger charge is 2.33. The minimum absolute atomic E-state index is 0. The second-order valence-electron chi connectivity index (χ2n) is 6.28. The van der Waals surface area contributed by atoms with Gasteiger partial charge in [0.25, 0.3) is 0 Å². The second kappa shape index (κ2) is 11.6. The highest BCUT2D eigenvalue weighted by molar-refractivity contribution is 14.0. The van der Waals surface area contributed by atoms with Gasteiger partial charge in [0.1, 0.15) is 0 Å². The minimum Gasteiger partial charge on any atom is -0.356 e. The summed E-state index contributed by atoms with van der Waals surface area (Å²) in [4.78, 5) is 9.87. The quantitative estimate of drug-likeness (QED) is 0.327. The molecule has 10 heteroatoms. The first-order chi connectivity index (χ1) is 12.8. The van der Waals surface area contributed by atoms with Crippen LogP contribution in [0.3, 0.4) is 0 Å². The molecule has 0 aliphatic carbocycles. The van der Waals surface area contributed by atoms with Gasteiger partial charge in [-0.15, -0.1) is 35.3 Å². The van der Waals surface area contributed by atoms with Crippen LogP contribution in [0, 0.1) is 0 Å². The molecule has 5 nitrogen and oxygen atoms in total. The molecule has 0 saturated heterocycles. The van der Waals surface area contributed by atoms with Gasteiger partial charge in [0.2, 0.25) is 0 Å². The third-order valence-electron chi connectivity index (χ3n) is 3.65. The van der Waals surface area contributed by atoms with Gasteiger partial charge in [-0.3, -0.25) is 4.99 Å². The van der Waals surface area contributed by atoms with Crippen LogP contribution in [0.2, 0.25) is 0 Å². The topological polar surface area (TPSA) is 52.6 Å². The van der Waals surface area contributed by atoms with E-state index in [1.165, 1.54) is 5.56 Å². The molecule has 0 radical (unpaired) electrons. The van der Waals surface area contributed by atoms with Gasteiger partial charge in [0.15, 0.2) is 11.7 Å². The number of nitrogens with one attached hydrogen (secondary N) is 2. The summed E-state index contributed by atoms with van der Waals surface area (Å²) in [6.07, 6.45) is -3.99. The maximum Gasteiger partial charge on any atom is 0.434 e. The Balaban J connectivity index is 0.00000392. The molecule has 1 aromatic heterocycles. The molecular weight excluding hydrogens is 502 g/mol. The van der Waals surface area contributed by atoms with Crippen LogP contribution < -0.4 is 10.6 Å². The Hall–Kier alpha value is -1.40. The summed E-state index contributed by atoms with van der Waals surface area (Å²) in [5, 5.41) is 7.80. The Kier molecular flexibility index (Phi) is 10.2. The zero-order chi connectivity index (χ0) is 19.9.